The Kier molecular flexibility index (Phi) is 2.96. The molecule has 13 heavy (non-hydrogen) atoms. The molecule has 0 aromatic carbocycles. The normalized spacial score (nSPS) is 17.2. The number of nitrogens with two attached hydrogens (primary N) is 1. The average molecular weight is 184 g/mol. The van der Waals surface area contributed by atoms with Crippen LogP contribution in [0.3, 0.4) is 0 Å². The molecule has 0 unspecified atom stereocenters. The van der Waals surface area contributed by atoms with Crippen LogP contribution in [0.25, 0.3) is 0 Å². The topological polar surface area (TPSA) is 46.3 Å². The van der Waals surface area contributed by atoms with E-state index in [9.17, 15) is 4.79 Å². The van der Waals surface area contributed by atoms with E-state index in [0.29, 0.717) is 6.04 Å². The Morgan fingerprint density at radius 3 is 2.38 bits per heavy atom. The van der Waals surface area contributed by atoms with Crippen LogP contribution < -0.4 is 5.73 Å². The van der Waals surface area contributed by atoms with Gasteiger partial charge in [-0.2, -0.15) is 0 Å². The van der Waals surface area contributed by atoms with Crippen molar-refractivity contribution in [1.82, 2.24) is 4.90 Å². The zero-order valence-corrected chi connectivity index (χ0v) is 8.84. The first-order valence-corrected chi connectivity index (χ1v) is 5.06. The minimum Gasteiger partial charge on any atom is -0.338 e. The van der Waals surface area contributed by atoms with Gasteiger partial charge in [0.1, 0.15) is 0 Å². The number of carbonyl (C=O) groups is 1. The first-order chi connectivity index (χ1) is 5.96. The maximum atomic E-state index is 11.8. The molecule has 0 radical (unpaired) electrons. The molecule has 0 aliphatic heterocycles. The summed E-state index contributed by atoms with van der Waals surface area (Å²) in [6.07, 6.45) is 3.32. The largest absolute Gasteiger partial charge is 0.338 e. The van der Waals surface area contributed by atoms with Crippen molar-refractivity contribution >= 4 is 5.91 Å². The van der Waals surface area contributed by atoms with E-state index in [1.165, 1.54) is 0 Å². The Hall–Kier alpha value is -0.570. The van der Waals surface area contributed by atoms with E-state index < -0.39 is 5.54 Å². The van der Waals surface area contributed by atoms with Crippen molar-refractivity contribution < 1.29 is 4.79 Å². The summed E-state index contributed by atoms with van der Waals surface area (Å²) in [6.45, 7) is 6.50. The lowest BCUT2D eigenvalue weighted by Crippen LogP contribution is -2.52. The summed E-state index contributed by atoms with van der Waals surface area (Å²) >= 11 is 0. The second kappa shape index (κ2) is 3.66. The van der Waals surface area contributed by atoms with Crippen LogP contribution in [0.4, 0.5) is 0 Å². The Labute approximate surface area is 80.3 Å². The molecule has 1 amide bonds. The van der Waals surface area contributed by atoms with Gasteiger partial charge in [-0.15, -0.1) is 0 Å². The zero-order valence-electron chi connectivity index (χ0n) is 8.84. The van der Waals surface area contributed by atoms with E-state index >= 15 is 0 Å². The second-order valence-corrected chi connectivity index (χ2v) is 4.45. The number of hydrogen-bond donors (Lipinski definition) is 1. The van der Waals surface area contributed by atoms with Crippen LogP contribution in [0.1, 0.15) is 40.0 Å². The molecule has 2 N–H and O–H groups in total. The second-order valence-electron chi connectivity index (χ2n) is 4.45. The molecule has 76 valence electrons. The zero-order chi connectivity index (χ0) is 10.1. The molecule has 1 aliphatic rings. The van der Waals surface area contributed by atoms with Crippen LogP contribution in [0.15, 0.2) is 0 Å². The molecule has 3 heteroatoms. The van der Waals surface area contributed by atoms with Crippen molar-refractivity contribution in [2.75, 3.05) is 6.54 Å². The molecule has 1 saturated carbocycles. The minimum atomic E-state index is -0.711. The summed E-state index contributed by atoms with van der Waals surface area (Å²) in [5, 5.41) is 0. The Balaban J connectivity index is 2.58. The highest BCUT2D eigenvalue weighted by Gasteiger charge is 2.36. The highest BCUT2D eigenvalue weighted by molar-refractivity contribution is 5.85. The molecule has 1 rings (SSSR count). The smallest absolute Gasteiger partial charge is 0.242 e. The lowest BCUT2D eigenvalue weighted by molar-refractivity contribution is -0.136. The van der Waals surface area contributed by atoms with Gasteiger partial charge in [0.05, 0.1) is 5.54 Å². The van der Waals surface area contributed by atoms with E-state index in [2.05, 4.69) is 6.92 Å². The molecule has 0 spiro atoms. The first-order valence-electron chi connectivity index (χ1n) is 5.06. The number of amides is 1. The van der Waals surface area contributed by atoms with Gasteiger partial charge >= 0.3 is 0 Å². The van der Waals surface area contributed by atoms with Gasteiger partial charge < -0.3 is 10.6 Å². The van der Waals surface area contributed by atoms with Crippen LogP contribution in [0, 0.1) is 0 Å². The van der Waals surface area contributed by atoms with Gasteiger partial charge in [0.25, 0.3) is 0 Å². The van der Waals surface area contributed by atoms with E-state index in [1.807, 2.05) is 4.90 Å². The van der Waals surface area contributed by atoms with E-state index in [4.69, 9.17) is 5.73 Å². The summed E-state index contributed by atoms with van der Waals surface area (Å²) in [4.78, 5) is 13.8. The number of hydrogen-bond acceptors (Lipinski definition) is 2. The summed E-state index contributed by atoms with van der Waals surface area (Å²) in [5.41, 5.74) is 5.07. The van der Waals surface area contributed by atoms with Crippen LogP contribution >= 0.6 is 0 Å². The SMILES string of the molecule is CCCN(C(=O)C(C)(C)N)C1CC1. The van der Waals surface area contributed by atoms with Gasteiger partial charge in [-0.1, -0.05) is 6.92 Å². The van der Waals surface area contributed by atoms with Gasteiger partial charge in [0, 0.05) is 12.6 Å². The summed E-state index contributed by atoms with van der Waals surface area (Å²) in [6, 6.07) is 0.482. The first kappa shape index (κ1) is 10.5. The molecule has 0 aromatic heterocycles. The Bertz CT molecular complexity index is 192. The molecule has 0 heterocycles. The lowest BCUT2D eigenvalue weighted by atomic mass is 10.1. The van der Waals surface area contributed by atoms with Crippen molar-refractivity contribution in [3.8, 4) is 0 Å². The van der Waals surface area contributed by atoms with Gasteiger partial charge in [0.15, 0.2) is 0 Å². The van der Waals surface area contributed by atoms with Crippen molar-refractivity contribution in [1.29, 1.82) is 0 Å². The van der Waals surface area contributed by atoms with E-state index in [1.54, 1.807) is 13.8 Å². The van der Waals surface area contributed by atoms with Gasteiger partial charge in [-0.25, -0.2) is 0 Å². The maximum absolute atomic E-state index is 11.8. The van der Waals surface area contributed by atoms with E-state index in [-0.39, 0.29) is 5.91 Å². The molecule has 1 aliphatic carbocycles. The predicted octanol–water partition coefficient (Wildman–Crippen LogP) is 1.12. The fourth-order valence-electron chi connectivity index (χ4n) is 1.45. The average Bonchev–Trinajstić information content (AvgIpc) is 2.79. The highest BCUT2D eigenvalue weighted by Crippen LogP contribution is 2.28. The lowest BCUT2D eigenvalue weighted by Gasteiger charge is -2.29. The van der Waals surface area contributed by atoms with Crippen LogP contribution in [0.5, 0.6) is 0 Å². The number of carbonyl (C=O) groups excluding carboxylic acids is 1. The van der Waals surface area contributed by atoms with Crippen molar-refractivity contribution in [2.24, 2.45) is 5.73 Å². The third-order valence-corrected chi connectivity index (χ3v) is 2.26. The van der Waals surface area contributed by atoms with E-state index in [0.717, 1.165) is 25.8 Å². The summed E-state index contributed by atoms with van der Waals surface area (Å²) in [5.74, 6) is 0.0943. The number of rotatable bonds is 4. The molecule has 0 atom stereocenters. The third-order valence-electron chi connectivity index (χ3n) is 2.26. The third kappa shape index (κ3) is 2.69. The van der Waals surface area contributed by atoms with Crippen LogP contribution in [0.2, 0.25) is 0 Å². The molecule has 3 nitrogen and oxygen atoms in total. The maximum Gasteiger partial charge on any atom is 0.242 e. The minimum absolute atomic E-state index is 0.0943. The van der Waals surface area contributed by atoms with Gasteiger partial charge in [-0.3, -0.25) is 4.79 Å². The quantitative estimate of drug-likeness (QED) is 0.711. The molecule has 0 saturated heterocycles. The standard InChI is InChI=1S/C10H20N2O/c1-4-7-12(8-5-6-8)9(13)10(2,3)11/h8H,4-7,11H2,1-3H3. The van der Waals surface area contributed by atoms with Gasteiger partial charge in [-0.05, 0) is 33.1 Å². The number of nitrogens with zero attached hydrogens (tertiary/aromatic N) is 1. The summed E-state index contributed by atoms with van der Waals surface area (Å²) in [7, 11) is 0. The monoisotopic (exact) mass is 184 g/mol. The Morgan fingerprint density at radius 2 is 2.08 bits per heavy atom. The predicted molar refractivity (Wildman–Crippen MR) is 53.3 cm³/mol. The van der Waals surface area contributed by atoms with Crippen molar-refractivity contribution in [2.45, 2.75) is 51.6 Å². The molecular weight excluding hydrogens is 164 g/mol. The van der Waals surface area contributed by atoms with Crippen LogP contribution in [-0.2, 0) is 4.79 Å². The van der Waals surface area contributed by atoms with Crippen LogP contribution in [-0.4, -0.2) is 28.9 Å². The molecule has 0 bridgehead atoms. The summed E-state index contributed by atoms with van der Waals surface area (Å²) < 4.78 is 0. The van der Waals surface area contributed by atoms with Crippen molar-refractivity contribution in [3.05, 3.63) is 0 Å². The Morgan fingerprint density at radius 1 is 1.54 bits per heavy atom. The fraction of sp³-hybridized carbons (Fsp3) is 0.900. The molecule has 0 aromatic rings. The fourth-order valence-corrected chi connectivity index (χ4v) is 1.45. The van der Waals surface area contributed by atoms with Crippen molar-refractivity contribution in [3.63, 3.8) is 0 Å². The molecule has 1 fully saturated rings. The molecular formula is C10H20N2O. The van der Waals surface area contributed by atoms with Gasteiger partial charge in [0.2, 0.25) is 5.91 Å². The highest BCUT2D eigenvalue weighted by atomic mass is 16.2.